The smallest absolute Gasteiger partial charge is 0.0922 e. The van der Waals surface area contributed by atoms with Crippen LogP contribution in [0.3, 0.4) is 0 Å². The molecule has 0 fully saturated rings. The molecule has 0 radical (unpaired) electrons. The molecule has 15 heavy (non-hydrogen) atoms. The van der Waals surface area contributed by atoms with Gasteiger partial charge in [0.2, 0.25) is 0 Å². The molecule has 0 saturated carbocycles. The van der Waals surface area contributed by atoms with Crippen LogP contribution in [0.15, 0.2) is 12.5 Å². The third-order valence-electron chi connectivity index (χ3n) is 2.28. The number of aromatic amines is 1. The van der Waals surface area contributed by atoms with Crippen LogP contribution < -0.4 is 5.32 Å². The lowest BCUT2D eigenvalue weighted by Gasteiger charge is -2.33. The standard InChI is InChI=1S/C12H23N3/c1-11(2,3)8-12(4,5)15-7-10-6-13-9-14-10/h6,9,15H,7-8H2,1-5H3,(H,13,14). The van der Waals surface area contributed by atoms with E-state index in [2.05, 4.69) is 49.9 Å². The predicted molar refractivity (Wildman–Crippen MR) is 63.6 cm³/mol. The van der Waals surface area contributed by atoms with Gasteiger partial charge in [-0.25, -0.2) is 4.98 Å². The minimum atomic E-state index is 0.156. The Kier molecular flexibility index (Phi) is 3.55. The maximum absolute atomic E-state index is 4.00. The first-order valence-corrected chi connectivity index (χ1v) is 5.51. The van der Waals surface area contributed by atoms with Crippen molar-refractivity contribution in [3.05, 3.63) is 18.2 Å². The van der Waals surface area contributed by atoms with E-state index in [1.807, 2.05) is 6.20 Å². The lowest BCUT2D eigenvalue weighted by molar-refractivity contribution is 0.240. The lowest BCUT2D eigenvalue weighted by Crippen LogP contribution is -2.41. The summed E-state index contributed by atoms with van der Waals surface area (Å²) in [5, 5.41) is 3.55. The van der Waals surface area contributed by atoms with Crippen molar-refractivity contribution in [3.8, 4) is 0 Å². The fraction of sp³-hybridized carbons (Fsp3) is 0.750. The molecule has 1 heterocycles. The van der Waals surface area contributed by atoms with Crippen molar-refractivity contribution >= 4 is 0 Å². The van der Waals surface area contributed by atoms with E-state index in [0.717, 1.165) is 18.7 Å². The first kappa shape index (κ1) is 12.2. The SMILES string of the molecule is CC(C)(C)CC(C)(C)NCc1cnc[nH]1. The third-order valence-corrected chi connectivity index (χ3v) is 2.28. The van der Waals surface area contributed by atoms with Crippen LogP contribution in [0.1, 0.15) is 46.7 Å². The summed E-state index contributed by atoms with van der Waals surface area (Å²) in [4.78, 5) is 7.10. The highest BCUT2D eigenvalue weighted by Crippen LogP contribution is 2.26. The maximum atomic E-state index is 4.00. The molecular formula is C12H23N3. The Morgan fingerprint density at radius 2 is 1.93 bits per heavy atom. The minimum absolute atomic E-state index is 0.156. The number of nitrogens with one attached hydrogen (secondary N) is 2. The fourth-order valence-electron chi connectivity index (χ4n) is 2.10. The van der Waals surface area contributed by atoms with Crippen molar-refractivity contribution in [2.45, 2.75) is 53.1 Å². The molecule has 1 aromatic rings. The molecule has 3 heteroatoms. The minimum Gasteiger partial charge on any atom is -0.347 e. The Bertz CT molecular complexity index is 280. The van der Waals surface area contributed by atoms with E-state index >= 15 is 0 Å². The van der Waals surface area contributed by atoms with Gasteiger partial charge in [-0.05, 0) is 25.7 Å². The lowest BCUT2D eigenvalue weighted by atomic mass is 9.82. The van der Waals surface area contributed by atoms with Crippen LogP contribution in [0.4, 0.5) is 0 Å². The molecule has 0 atom stereocenters. The number of aromatic nitrogens is 2. The molecule has 0 aliphatic carbocycles. The molecule has 1 rings (SSSR count). The second kappa shape index (κ2) is 4.35. The van der Waals surface area contributed by atoms with Crippen LogP contribution in [-0.4, -0.2) is 15.5 Å². The second-order valence-electron chi connectivity index (χ2n) is 6.05. The largest absolute Gasteiger partial charge is 0.347 e. The van der Waals surface area contributed by atoms with E-state index in [9.17, 15) is 0 Å². The third kappa shape index (κ3) is 4.98. The summed E-state index contributed by atoms with van der Waals surface area (Å²) >= 11 is 0. The first-order chi connectivity index (χ1) is 6.79. The molecule has 0 amide bonds. The highest BCUT2D eigenvalue weighted by molar-refractivity contribution is 4.95. The number of nitrogens with zero attached hydrogens (tertiary/aromatic N) is 1. The summed E-state index contributed by atoms with van der Waals surface area (Å²) in [5.41, 5.74) is 1.64. The molecule has 0 saturated heterocycles. The number of hydrogen-bond donors (Lipinski definition) is 2. The van der Waals surface area contributed by atoms with Crippen LogP contribution >= 0.6 is 0 Å². The predicted octanol–water partition coefficient (Wildman–Crippen LogP) is 2.71. The normalized spacial score (nSPS) is 13.1. The van der Waals surface area contributed by atoms with Gasteiger partial charge in [0, 0.05) is 24.0 Å². The van der Waals surface area contributed by atoms with Crippen molar-refractivity contribution in [2.75, 3.05) is 0 Å². The molecule has 1 aromatic heterocycles. The van der Waals surface area contributed by atoms with Crippen LogP contribution in [0.2, 0.25) is 0 Å². The maximum Gasteiger partial charge on any atom is 0.0922 e. The number of imidazole rings is 1. The molecular weight excluding hydrogens is 186 g/mol. The molecule has 86 valence electrons. The van der Waals surface area contributed by atoms with Gasteiger partial charge in [-0.2, -0.15) is 0 Å². The van der Waals surface area contributed by atoms with Crippen molar-refractivity contribution < 1.29 is 0 Å². The Labute approximate surface area is 92.7 Å². The van der Waals surface area contributed by atoms with Gasteiger partial charge in [-0.1, -0.05) is 20.8 Å². The van der Waals surface area contributed by atoms with Gasteiger partial charge in [0.25, 0.3) is 0 Å². The van der Waals surface area contributed by atoms with E-state index in [0.29, 0.717) is 5.41 Å². The topological polar surface area (TPSA) is 40.7 Å². The summed E-state index contributed by atoms with van der Waals surface area (Å²) < 4.78 is 0. The van der Waals surface area contributed by atoms with E-state index in [1.54, 1.807) is 6.33 Å². The van der Waals surface area contributed by atoms with Gasteiger partial charge in [0.15, 0.2) is 0 Å². The Morgan fingerprint density at radius 1 is 1.27 bits per heavy atom. The number of H-pyrrole nitrogens is 1. The molecule has 0 bridgehead atoms. The summed E-state index contributed by atoms with van der Waals surface area (Å²) in [7, 11) is 0. The Balaban J connectivity index is 2.43. The molecule has 2 N–H and O–H groups in total. The summed E-state index contributed by atoms with van der Waals surface area (Å²) in [6.45, 7) is 12.2. The second-order valence-corrected chi connectivity index (χ2v) is 6.05. The molecule has 0 unspecified atom stereocenters. The zero-order chi connectivity index (χ0) is 11.5. The number of rotatable bonds is 4. The van der Waals surface area contributed by atoms with Gasteiger partial charge < -0.3 is 10.3 Å². The summed E-state index contributed by atoms with van der Waals surface area (Å²) in [5.74, 6) is 0. The Morgan fingerprint density at radius 3 is 2.40 bits per heavy atom. The zero-order valence-corrected chi connectivity index (χ0v) is 10.5. The van der Waals surface area contributed by atoms with Crippen molar-refractivity contribution in [1.82, 2.24) is 15.3 Å². The molecule has 0 aliphatic rings. The molecule has 0 aliphatic heterocycles. The van der Waals surface area contributed by atoms with Gasteiger partial charge in [-0.3, -0.25) is 0 Å². The molecule has 0 aromatic carbocycles. The van der Waals surface area contributed by atoms with E-state index in [1.165, 1.54) is 0 Å². The van der Waals surface area contributed by atoms with E-state index in [-0.39, 0.29) is 5.54 Å². The van der Waals surface area contributed by atoms with Gasteiger partial charge >= 0.3 is 0 Å². The van der Waals surface area contributed by atoms with Crippen molar-refractivity contribution in [1.29, 1.82) is 0 Å². The van der Waals surface area contributed by atoms with E-state index in [4.69, 9.17) is 0 Å². The number of hydrogen-bond acceptors (Lipinski definition) is 2. The average Bonchev–Trinajstić information content (AvgIpc) is 2.47. The van der Waals surface area contributed by atoms with Gasteiger partial charge in [0.1, 0.15) is 0 Å². The summed E-state index contributed by atoms with van der Waals surface area (Å²) in [6, 6.07) is 0. The van der Waals surface area contributed by atoms with Crippen LogP contribution in [0, 0.1) is 5.41 Å². The van der Waals surface area contributed by atoms with Gasteiger partial charge in [-0.15, -0.1) is 0 Å². The van der Waals surface area contributed by atoms with Crippen molar-refractivity contribution in [3.63, 3.8) is 0 Å². The molecule has 0 spiro atoms. The molecule has 3 nitrogen and oxygen atoms in total. The zero-order valence-electron chi connectivity index (χ0n) is 10.5. The Hall–Kier alpha value is -0.830. The highest BCUT2D eigenvalue weighted by atomic mass is 15.0. The monoisotopic (exact) mass is 209 g/mol. The van der Waals surface area contributed by atoms with E-state index < -0.39 is 0 Å². The van der Waals surface area contributed by atoms with Gasteiger partial charge in [0.05, 0.1) is 6.33 Å². The van der Waals surface area contributed by atoms with Crippen molar-refractivity contribution in [2.24, 2.45) is 5.41 Å². The van der Waals surface area contributed by atoms with Crippen LogP contribution in [0.5, 0.6) is 0 Å². The average molecular weight is 209 g/mol. The fourth-order valence-corrected chi connectivity index (χ4v) is 2.10. The first-order valence-electron chi connectivity index (χ1n) is 5.51. The van der Waals surface area contributed by atoms with Crippen LogP contribution in [0.25, 0.3) is 0 Å². The quantitative estimate of drug-likeness (QED) is 0.800. The van der Waals surface area contributed by atoms with Crippen LogP contribution in [-0.2, 0) is 6.54 Å². The highest BCUT2D eigenvalue weighted by Gasteiger charge is 2.24. The summed E-state index contributed by atoms with van der Waals surface area (Å²) in [6.07, 6.45) is 4.72.